The highest BCUT2D eigenvalue weighted by Crippen LogP contribution is 2.11. The molecular formula is C14H22N4O. The first-order valence-corrected chi connectivity index (χ1v) is 6.80. The summed E-state index contributed by atoms with van der Waals surface area (Å²) >= 11 is 0. The maximum atomic E-state index is 12.1. The molecule has 0 saturated carbocycles. The summed E-state index contributed by atoms with van der Waals surface area (Å²) in [6, 6.07) is 7.20. The summed E-state index contributed by atoms with van der Waals surface area (Å²) in [7, 11) is 0. The van der Waals surface area contributed by atoms with Crippen molar-refractivity contribution in [3.63, 3.8) is 0 Å². The first kappa shape index (κ1) is 13.8. The summed E-state index contributed by atoms with van der Waals surface area (Å²) < 4.78 is 0. The SMILES string of the molecule is CCN1CC(NC(=O)c2ccc(N)cc2)CN1CC. The highest BCUT2D eigenvalue weighted by Gasteiger charge is 2.28. The summed E-state index contributed by atoms with van der Waals surface area (Å²) in [5.41, 5.74) is 6.95. The lowest BCUT2D eigenvalue weighted by molar-refractivity contribution is 0.0388. The normalized spacial score (nSPS) is 17.8. The van der Waals surface area contributed by atoms with Crippen LogP contribution in [0.4, 0.5) is 5.69 Å². The molecule has 0 aliphatic carbocycles. The zero-order valence-corrected chi connectivity index (χ0v) is 11.6. The summed E-state index contributed by atoms with van der Waals surface area (Å²) in [4.78, 5) is 12.1. The smallest absolute Gasteiger partial charge is 0.251 e. The largest absolute Gasteiger partial charge is 0.399 e. The number of nitrogens with two attached hydrogens (primary N) is 1. The van der Waals surface area contributed by atoms with Crippen LogP contribution in [0, 0.1) is 0 Å². The number of anilines is 1. The third kappa shape index (κ3) is 3.24. The molecule has 1 amide bonds. The van der Waals surface area contributed by atoms with Crippen LogP contribution >= 0.6 is 0 Å². The van der Waals surface area contributed by atoms with Gasteiger partial charge >= 0.3 is 0 Å². The number of hydrazine groups is 1. The number of benzene rings is 1. The van der Waals surface area contributed by atoms with E-state index in [4.69, 9.17) is 5.73 Å². The van der Waals surface area contributed by atoms with Crippen molar-refractivity contribution in [2.75, 3.05) is 31.9 Å². The Kier molecular flexibility index (Phi) is 4.39. The van der Waals surface area contributed by atoms with E-state index in [-0.39, 0.29) is 11.9 Å². The molecule has 1 heterocycles. The highest BCUT2D eigenvalue weighted by molar-refractivity contribution is 5.94. The van der Waals surface area contributed by atoms with Gasteiger partial charge in [-0.1, -0.05) is 13.8 Å². The lowest BCUT2D eigenvalue weighted by Gasteiger charge is -2.24. The second-order valence-electron chi connectivity index (χ2n) is 4.80. The molecule has 2 rings (SSSR count). The molecule has 5 heteroatoms. The van der Waals surface area contributed by atoms with Crippen molar-refractivity contribution in [3.05, 3.63) is 29.8 Å². The number of hydrogen-bond acceptors (Lipinski definition) is 4. The van der Waals surface area contributed by atoms with Crippen molar-refractivity contribution >= 4 is 11.6 Å². The number of nitrogen functional groups attached to an aromatic ring is 1. The maximum absolute atomic E-state index is 12.1. The number of rotatable bonds is 4. The van der Waals surface area contributed by atoms with Gasteiger partial charge in [-0.2, -0.15) is 0 Å². The van der Waals surface area contributed by atoms with Gasteiger partial charge in [-0.25, -0.2) is 10.0 Å². The van der Waals surface area contributed by atoms with Gasteiger partial charge in [-0.3, -0.25) is 4.79 Å². The fourth-order valence-corrected chi connectivity index (χ4v) is 2.45. The van der Waals surface area contributed by atoms with Gasteiger partial charge in [0.2, 0.25) is 0 Å². The third-order valence-corrected chi connectivity index (χ3v) is 3.50. The first-order chi connectivity index (χ1) is 9.13. The molecule has 1 aliphatic heterocycles. The van der Waals surface area contributed by atoms with Gasteiger partial charge in [-0.15, -0.1) is 0 Å². The van der Waals surface area contributed by atoms with E-state index in [1.807, 2.05) is 0 Å². The average molecular weight is 262 g/mol. The van der Waals surface area contributed by atoms with E-state index in [1.165, 1.54) is 0 Å². The van der Waals surface area contributed by atoms with Crippen LogP contribution in [-0.4, -0.2) is 48.1 Å². The molecule has 104 valence electrons. The molecule has 1 fully saturated rings. The van der Waals surface area contributed by atoms with E-state index in [1.54, 1.807) is 24.3 Å². The Morgan fingerprint density at radius 3 is 2.21 bits per heavy atom. The van der Waals surface area contributed by atoms with E-state index in [2.05, 4.69) is 29.2 Å². The molecule has 0 aromatic heterocycles. The Labute approximate surface area is 114 Å². The Morgan fingerprint density at radius 1 is 1.21 bits per heavy atom. The molecule has 19 heavy (non-hydrogen) atoms. The van der Waals surface area contributed by atoms with Gasteiger partial charge < -0.3 is 11.1 Å². The van der Waals surface area contributed by atoms with Crippen molar-refractivity contribution in [1.82, 2.24) is 15.3 Å². The number of carbonyl (C=O) groups excluding carboxylic acids is 1. The molecule has 0 unspecified atom stereocenters. The molecule has 1 aromatic carbocycles. The summed E-state index contributed by atoms with van der Waals surface area (Å²) in [6.45, 7) is 7.97. The Bertz CT molecular complexity index is 420. The van der Waals surface area contributed by atoms with Crippen molar-refractivity contribution in [2.45, 2.75) is 19.9 Å². The van der Waals surface area contributed by atoms with Gasteiger partial charge in [0.25, 0.3) is 5.91 Å². The van der Waals surface area contributed by atoms with Crippen molar-refractivity contribution < 1.29 is 4.79 Å². The second kappa shape index (κ2) is 6.04. The van der Waals surface area contributed by atoms with Crippen molar-refractivity contribution in [1.29, 1.82) is 0 Å². The topological polar surface area (TPSA) is 61.6 Å². The fourth-order valence-electron chi connectivity index (χ4n) is 2.45. The van der Waals surface area contributed by atoms with E-state index < -0.39 is 0 Å². The number of carbonyl (C=O) groups is 1. The number of amides is 1. The maximum Gasteiger partial charge on any atom is 0.251 e. The van der Waals surface area contributed by atoms with Crippen molar-refractivity contribution in [2.24, 2.45) is 0 Å². The lowest BCUT2D eigenvalue weighted by atomic mass is 10.2. The van der Waals surface area contributed by atoms with Crippen LogP contribution in [0.5, 0.6) is 0 Å². The van der Waals surface area contributed by atoms with Gasteiger partial charge in [0.05, 0.1) is 6.04 Å². The van der Waals surface area contributed by atoms with Crippen LogP contribution in [0.3, 0.4) is 0 Å². The molecule has 0 radical (unpaired) electrons. The minimum atomic E-state index is -0.0287. The molecule has 0 bridgehead atoms. The van der Waals surface area contributed by atoms with Gasteiger partial charge in [-0.05, 0) is 24.3 Å². The van der Waals surface area contributed by atoms with Crippen LogP contribution in [0.1, 0.15) is 24.2 Å². The Morgan fingerprint density at radius 2 is 1.74 bits per heavy atom. The molecule has 5 nitrogen and oxygen atoms in total. The van der Waals surface area contributed by atoms with E-state index >= 15 is 0 Å². The first-order valence-electron chi connectivity index (χ1n) is 6.80. The van der Waals surface area contributed by atoms with Crippen LogP contribution < -0.4 is 11.1 Å². The van der Waals surface area contributed by atoms with Crippen LogP contribution in [0.2, 0.25) is 0 Å². The number of likely N-dealkylation sites (N-methyl/N-ethyl adjacent to an activating group) is 2. The summed E-state index contributed by atoms with van der Waals surface area (Å²) in [5.74, 6) is -0.0287. The fraction of sp³-hybridized carbons (Fsp3) is 0.500. The Balaban J connectivity index is 1.95. The minimum absolute atomic E-state index is 0.0287. The second-order valence-corrected chi connectivity index (χ2v) is 4.80. The van der Waals surface area contributed by atoms with Gasteiger partial charge in [0.15, 0.2) is 0 Å². The van der Waals surface area contributed by atoms with E-state index in [0.29, 0.717) is 11.3 Å². The molecule has 1 aromatic rings. The molecular weight excluding hydrogens is 240 g/mol. The monoisotopic (exact) mass is 262 g/mol. The van der Waals surface area contributed by atoms with Crippen LogP contribution in [0.15, 0.2) is 24.3 Å². The number of nitrogens with zero attached hydrogens (tertiary/aromatic N) is 2. The van der Waals surface area contributed by atoms with Gasteiger partial charge in [0, 0.05) is 37.4 Å². The van der Waals surface area contributed by atoms with Crippen molar-refractivity contribution in [3.8, 4) is 0 Å². The highest BCUT2D eigenvalue weighted by atomic mass is 16.1. The standard InChI is InChI=1S/C14H22N4O/c1-3-17-9-13(10-18(17)4-2)16-14(19)11-5-7-12(15)8-6-11/h5-8,13H,3-4,9-10,15H2,1-2H3,(H,16,19). The molecule has 3 N–H and O–H groups in total. The molecule has 1 saturated heterocycles. The molecule has 0 atom stereocenters. The van der Waals surface area contributed by atoms with E-state index in [0.717, 1.165) is 26.2 Å². The third-order valence-electron chi connectivity index (χ3n) is 3.50. The molecule has 0 spiro atoms. The number of hydrogen-bond donors (Lipinski definition) is 2. The lowest BCUT2D eigenvalue weighted by Crippen LogP contribution is -2.38. The van der Waals surface area contributed by atoms with Crippen LogP contribution in [-0.2, 0) is 0 Å². The zero-order valence-electron chi connectivity index (χ0n) is 11.6. The predicted molar refractivity (Wildman–Crippen MR) is 76.6 cm³/mol. The minimum Gasteiger partial charge on any atom is -0.399 e. The Hall–Kier alpha value is -1.59. The summed E-state index contributed by atoms with van der Waals surface area (Å²) in [5, 5.41) is 7.62. The quantitative estimate of drug-likeness (QED) is 0.793. The zero-order chi connectivity index (χ0) is 13.8. The number of nitrogens with one attached hydrogen (secondary N) is 1. The average Bonchev–Trinajstić information content (AvgIpc) is 2.81. The van der Waals surface area contributed by atoms with Gasteiger partial charge in [0.1, 0.15) is 0 Å². The van der Waals surface area contributed by atoms with E-state index in [9.17, 15) is 4.79 Å². The molecule has 1 aliphatic rings. The summed E-state index contributed by atoms with van der Waals surface area (Å²) in [6.07, 6.45) is 0. The van der Waals surface area contributed by atoms with Crippen LogP contribution in [0.25, 0.3) is 0 Å². The predicted octanol–water partition coefficient (Wildman–Crippen LogP) is 0.940.